The smallest absolute Gasteiger partial charge is 0.253 e. The highest BCUT2D eigenvalue weighted by Crippen LogP contribution is 2.35. The molecule has 2 aliphatic heterocycles. The van der Waals surface area contributed by atoms with Crippen molar-refractivity contribution in [2.75, 3.05) is 58.8 Å². The van der Waals surface area contributed by atoms with E-state index in [1.54, 1.807) is 11.3 Å². The third-order valence-corrected chi connectivity index (χ3v) is 9.42. The molecule has 2 N–H and O–H groups in total. The van der Waals surface area contributed by atoms with E-state index < -0.39 is 0 Å². The van der Waals surface area contributed by atoms with Gasteiger partial charge in [0.15, 0.2) is 0 Å². The Morgan fingerprint density at radius 3 is 2.30 bits per heavy atom. The Morgan fingerprint density at radius 1 is 0.775 bits per heavy atom. The van der Waals surface area contributed by atoms with Crippen LogP contribution in [0.25, 0.3) is 0 Å². The van der Waals surface area contributed by atoms with E-state index in [4.69, 9.17) is 0 Å². The molecule has 4 heterocycles. The number of hydrogen-bond donors (Lipinski definition) is 2. The third kappa shape index (κ3) is 5.90. The summed E-state index contributed by atoms with van der Waals surface area (Å²) in [5, 5.41) is 21.3. The number of aromatic nitrogens is 2. The van der Waals surface area contributed by atoms with Crippen LogP contribution >= 0.6 is 22.7 Å². The topological polar surface area (TPSA) is 84.3 Å². The fourth-order valence-electron chi connectivity index (χ4n) is 5.23. The monoisotopic (exact) mass is 573 g/mol. The van der Waals surface area contributed by atoms with Gasteiger partial charge in [-0.05, 0) is 99.2 Å². The highest BCUT2D eigenvalue weighted by molar-refractivity contribution is 7.20. The molecule has 11 heteroatoms. The summed E-state index contributed by atoms with van der Waals surface area (Å²) in [6, 6.07) is 17.0. The maximum Gasteiger partial charge on any atom is 0.253 e. The van der Waals surface area contributed by atoms with Crippen molar-refractivity contribution in [3.63, 3.8) is 0 Å². The molecule has 4 aromatic rings. The van der Waals surface area contributed by atoms with E-state index in [9.17, 15) is 0 Å². The third-order valence-electron chi connectivity index (χ3n) is 7.49. The number of rotatable bonds is 9. The number of hydrogen-bond acceptors (Lipinski definition) is 11. The van der Waals surface area contributed by atoms with E-state index in [1.807, 2.05) is 6.07 Å². The first-order chi connectivity index (χ1) is 19.5. The van der Waals surface area contributed by atoms with Gasteiger partial charge in [-0.25, -0.2) is 0 Å². The Balaban J connectivity index is 1.08. The fourth-order valence-corrected chi connectivity index (χ4v) is 6.86. The highest BCUT2D eigenvalue weighted by Gasteiger charge is 2.17. The van der Waals surface area contributed by atoms with Gasteiger partial charge < -0.3 is 20.1 Å². The van der Waals surface area contributed by atoms with Gasteiger partial charge in [0, 0.05) is 44.6 Å². The minimum absolute atomic E-state index is 0.590. The molecule has 0 saturated carbocycles. The van der Waals surface area contributed by atoms with E-state index in [-0.39, 0.29) is 0 Å². The Labute approximate surface area is 243 Å². The summed E-state index contributed by atoms with van der Waals surface area (Å²) in [6.45, 7) is 8.62. The van der Waals surface area contributed by atoms with Crippen molar-refractivity contribution in [3.05, 3.63) is 59.7 Å². The standard InChI is InChI=1S/C29H35N9S2/c1-20-19-23(9-10-24(20)31-33-28-34-35-29(40-28)38-16-6-7-17-38)36(3)25-11-8-22(18-21(25)2)30-32-26-12-13-27(39-26)37-14-4-5-15-37/h8-13,18-19,30,32H,4-7,14-17H2,1-3H3. The molecular weight excluding hydrogens is 539 g/mol. The molecule has 40 heavy (non-hydrogen) atoms. The first kappa shape index (κ1) is 26.5. The molecule has 0 radical (unpaired) electrons. The Morgan fingerprint density at radius 2 is 1.55 bits per heavy atom. The summed E-state index contributed by atoms with van der Waals surface area (Å²) < 4.78 is 0. The van der Waals surface area contributed by atoms with Crippen LogP contribution in [0.15, 0.2) is 58.8 Å². The molecule has 0 bridgehead atoms. The van der Waals surface area contributed by atoms with Crippen molar-refractivity contribution in [1.29, 1.82) is 0 Å². The molecule has 2 aromatic carbocycles. The SMILES string of the molecule is Cc1cc(N(C)c2ccc(NNc3ccc(N4CCCC4)s3)cc2C)ccc1N=Nc1nnc(N2CCCC2)s1. The molecule has 0 unspecified atom stereocenters. The lowest BCUT2D eigenvalue weighted by molar-refractivity contribution is 0.925. The van der Waals surface area contributed by atoms with Crippen LogP contribution in [-0.2, 0) is 0 Å². The lowest BCUT2D eigenvalue weighted by Crippen LogP contribution is -2.17. The number of nitrogens with one attached hydrogen (secondary N) is 2. The van der Waals surface area contributed by atoms with Crippen LogP contribution in [0, 0.1) is 13.8 Å². The van der Waals surface area contributed by atoms with Crippen LogP contribution in [0.2, 0.25) is 0 Å². The van der Waals surface area contributed by atoms with Gasteiger partial charge in [0.1, 0.15) is 5.00 Å². The molecule has 0 spiro atoms. The van der Waals surface area contributed by atoms with Crippen LogP contribution in [-0.4, -0.2) is 43.4 Å². The van der Waals surface area contributed by atoms with Crippen molar-refractivity contribution < 1.29 is 0 Å². The second-order valence-electron chi connectivity index (χ2n) is 10.4. The van der Waals surface area contributed by atoms with Gasteiger partial charge in [0.2, 0.25) is 5.13 Å². The second kappa shape index (κ2) is 11.8. The quantitative estimate of drug-likeness (QED) is 0.155. The predicted octanol–water partition coefficient (Wildman–Crippen LogP) is 8.04. The van der Waals surface area contributed by atoms with Gasteiger partial charge in [-0.1, -0.05) is 22.7 Å². The molecule has 2 saturated heterocycles. The summed E-state index contributed by atoms with van der Waals surface area (Å²) in [5.74, 6) is 0. The average Bonchev–Trinajstić information content (AvgIpc) is 3.78. The number of benzene rings is 2. The summed E-state index contributed by atoms with van der Waals surface area (Å²) in [6.07, 6.45) is 5.00. The molecular formula is C29H35N9S2. The van der Waals surface area contributed by atoms with E-state index in [0.29, 0.717) is 5.13 Å². The van der Waals surface area contributed by atoms with Crippen LogP contribution in [0.5, 0.6) is 0 Å². The Kier molecular flexibility index (Phi) is 7.83. The zero-order valence-electron chi connectivity index (χ0n) is 23.2. The Hall–Kier alpha value is -3.70. The lowest BCUT2D eigenvalue weighted by Gasteiger charge is -2.23. The average molecular weight is 574 g/mol. The van der Waals surface area contributed by atoms with Crippen molar-refractivity contribution >= 4 is 65.7 Å². The number of nitrogens with zero attached hydrogens (tertiary/aromatic N) is 7. The molecule has 6 rings (SSSR count). The first-order valence-electron chi connectivity index (χ1n) is 13.9. The van der Waals surface area contributed by atoms with E-state index in [2.05, 4.69) is 109 Å². The number of hydrazine groups is 1. The highest BCUT2D eigenvalue weighted by atomic mass is 32.1. The zero-order valence-corrected chi connectivity index (χ0v) is 24.9. The van der Waals surface area contributed by atoms with E-state index >= 15 is 0 Å². The van der Waals surface area contributed by atoms with Crippen molar-refractivity contribution in [2.45, 2.75) is 39.5 Å². The minimum atomic E-state index is 0.590. The van der Waals surface area contributed by atoms with Gasteiger partial charge in [-0.15, -0.1) is 20.4 Å². The van der Waals surface area contributed by atoms with Gasteiger partial charge >= 0.3 is 0 Å². The lowest BCUT2D eigenvalue weighted by atomic mass is 10.1. The summed E-state index contributed by atoms with van der Waals surface area (Å²) in [7, 11) is 2.09. The maximum atomic E-state index is 4.47. The molecule has 0 atom stereocenters. The second-order valence-corrected chi connectivity index (χ2v) is 12.4. The zero-order chi connectivity index (χ0) is 27.5. The van der Waals surface area contributed by atoms with Crippen LogP contribution in [0.4, 0.5) is 43.0 Å². The normalized spacial score (nSPS) is 15.4. The van der Waals surface area contributed by atoms with Crippen LogP contribution in [0.1, 0.15) is 36.8 Å². The minimum Gasteiger partial charge on any atom is -0.363 e. The van der Waals surface area contributed by atoms with Gasteiger partial charge in [-0.3, -0.25) is 5.43 Å². The molecule has 0 aliphatic carbocycles. The summed E-state index contributed by atoms with van der Waals surface area (Å²) in [4.78, 5) is 6.93. The molecule has 2 aliphatic rings. The maximum absolute atomic E-state index is 4.47. The number of anilines is 6. The summed E-state index contributed by atoms with van der Waals surface area (Å²) >= 11 is 3.29. The molecule has 2 aromatic heterocycles. The van der Waals surface area contributed by atoms with E-state index in [1.165, 1.54) is 47.6 Å². The van der Waals surface area contributed by atoms with Crippen LogP contribution in [0.3, 0.4) is 0 Å². The number of azo groups is 1. The van der Waals surface area contributed by atoms with Crippen molar-refractivity contribution in [2.24, 2.45) is 10.2 Å². The Bertz CT molecular complexity index is 1480. The molecule has 2 fully saturated rings. The van der Waals surface area contributed by atoms with Gasteiger partial charge in [-0.2, -0.15) is 0 Å². The van der Waals surface area contributed by atoms with Crippen molar-refractivity contribution in [1.82, 2.24) is 10.2 Å². The van der Waals surface area contributed by atoms with Crippen LogP contribution < -0.4 is 25.6 Å². The van der Waals surface area contributed by atoms with Crippen molar-refractivity contribution in [3.8, 4) is 0 Å². The first-order valence-corrected chi connectivity index (χ1v) is 15.5. The molecule has 9 nitrogen and oxygen atoms in total. The number of thiophene rings is 1. The molecule has 0 amide bonds. The van der Waals surface area contributed by atoms with Gasteiger partial charge in [0.25, 0.3) is 5.13 Å². The van der Waals surface area contributed by atoms with Gasteiger partial charge in [0.05, 0.1) is 16.4 Å². The number of aryl methyl sites for hydroxylation is 2. The predicted molar refractivity (Wildman–Crippen MR) is 169 cm³/mol. The molecule has 208 valence electrons. The fraction of sp³-hybridized carbons (Fsp3) is 0.379. The summed E-state index contributed by atoms with van der Waals surface area (Å²) in [5.41, 5.74) is 13.1. The largest absolute Gasteiger partial charge is 0.363 e. The van der Waals surface area contributed by atoms with E-state index in [0.717, 1.165) is 64.6 Å².